The van der Waals surface area contributed by atoms with Crippen LogP contribution in [-0.2, 0) is 0 Å². The third-order valence-corrected chi connectivity index (χ3v) is 2.81. The van der Waals surface area contributed by atoms with Gasteiger partial charge in [0.25, 0.3) is 0 Å². The molecule has 0 aromatic heterocycles. The summed E-state index contributed by atoms with van der Waals surface area (Å²) < 4.78 is 5.44. The predicted octanol–water partition coefficient (Wildman–Crippen LogP) is 2.04. The number of carbonyl (C=O) groups is 2. The third kappa shape index (κ3) is 2.71. The Morgan fingerprint density at radius 1 is 0.810 bits per heavy atom. The summed E-state index contributed by atoms with van der Waals surface area (Å²) in [5.41, 5.74) is 11.1. The van der Waals surface area contributed by atoms with Crippen LogP contribution in [0.25, 0.3) is 0 Å². The van der Waals surface area contributed by atoms with Gasteiger partial charge in [-0.1, -0.05) is 12.1 Å². The molecule has 0 unspecified atom stereocenters. The highest BCUT2D eigenvalue weighted by Crippen LogP contribution is 2.34. The minimum absolute atomic E-state index is 0.0647. The number of nitrogen functional groups attached to an aromatic ring is 2. The number of aromatic carboxylic acids is 2. The Hall–Kier alpha value is -3.22. The highest BCUT2D eigenvalue weighted by atomic mass is 16.5. The molecule has 2 aromatic rings. The Morgan fingerprint density at radius 3 is 1.52 bits per heavy atom. The highest BCUT2D eigenvalue weighted by molar-refractivity contribution is 5.96. The van der Waals surface area contributed by atoms with Gasteiger partial charge in [0.1, 0.15) is 0 Å². The maximum atomic E-state index is 11.0. The molecule has 0 aliphatic rings. The van der Waals surface area contributed by atoms with Crippen molar-refractivity contribution >= 4 is 23.3 Å². The fourth-order valence-electron chi connectivity index (χ4n) is 1.76. The number of nitrogens with two attached hydrogens (primary N) is 2. The molecule has 0 aliphatic carbocycles. The second kappa shape index (κ2) is 5.41. The van der Waals surface area contributed by atoms with Crippen molar-refractivity contribution in [2.24, 2.45) is 0 Å². The van der Waals surface area contributed by atoms with Crippen molar-refractivity contribution in [2.75, 3.05) is 11.5 Å². The van der Waals surface area contributed by atoms with E-state index in [0.717, 1.165) is 0 Å². The molecule has 21 heavy (non-hydrogen) atoms. The number of carboxylic acids is 2. The molecule has 0 heterocycles. The Bertz CT molecular complexity index is 666. The van der Waals surface area contributed by atoms with Gasteiger partial charge in [-0.2, -0.15) is 0 Å². The number of carboxylic acid groups (broad SMARTS) is 2. The van der Waals surface area contributed by atoms with Crippen LogP contribution in [-0.4, -0.2) is 22.2 Å². The summed E-state index contributed by atoms with van der Waals surface area (Å²) in [7, 11) is 0. The fourth-order valence-corrected chi connectivity index (χ4v) is 1.76. The highest BCUT2D eigenvalue weighted by Gasteiger charge is 2.16. The predicted molar refractivity (Wildman–Crippen MR) is 75.7 cm³/mol. The molecule has 0 amide bonds. The molecule has 0 aliphatic heterocycles. The van der Waals surface area contributed by atoms with E-state index in [1.807, 2.05) is 0 Å². The van der Waals surface area contributed by atoms with Crippen LogP contribution < -0.4 is 16.2 Å². The van der Waals surface area contributed by atoms with E-state index >= 15 is 0 Å². The van der Waals surface area contributed by atoms with E-state index in [-0.39, 0.29) is 34.0 Å². The summed E-state index contributed by atoms with van der Waals surface area (Å²) in [5, 5.41) is 18.0. The second-order valence-electron chi connectivity index (χ2n) is 4.15. The first-order chi connectivity index (χ1) is 9.91. The first kappa shape index (κ1) is 14.2. The summed E-state index contributed by atoms with van der Waals surface area (Å²) in [5.74, 6) is -2.20. The number of anilines is 2. The quantitative estimate of drug-likeness (QED) is 0.632. The van der Waals surface area contributed by atoms with Crippen LogP contribution in [0, 0.1) is 0 Å². The van der Waals surface area contributed by atoms with Crippen LogP contribution in [0.4, 0.5) is 11.4 Å². The van der Waals surface area contributed by atoms with E-state index in [1.165, 1.54) is 36.4 Å². The van der Waals surface area contributed by atoms with E-state index in [0.29, 0.717) is 0 Å². The number of hydrogen-bond donors (Lipinski definition) is 4. The van der Waals surface area contributed by atoms with Crippen LogP contribution in [0.5, 0.6) is 11.5 Å². The van der Waals surface area contributed by atoms with Crippen LogP contribution >= 0.6 is 0 Å². The van der Waals surface area contributed by atoms with Crippen LogP contribution in [0.15, 0.2) is 36.4 Å². The maximum absolute atomic E-state index is 11.0. The lowest BCUT2D eigenvalue weighted by Gasteiger charge is -2.13. The van der Waals surface area contributed by atoms with Gasteiger partial charge < -0.3 is 26.4 Å². The molecule has 2 rings (SSSR count). The van der Waals surface area contributed by atoms with Gasteiger partial charge in [0.2, 0.25) is 0 Å². The van der Waals surface area contributed by atoms with Gasteiger partial charge >= 0.3 is 11.9 Å². The first-order valence-electron chi connectivity index (χ1n) is 5.83. The van der Waals surface area contributed by atoms with Gasteiger partial charge in [-0.05, 0) is 24.3 Å². The van der Waals surface area contributed by atoms with Crippen molar-refractivity contribution in [1.82, 2.24) is 0 Å². The normalized spacial score (nSPS) is 10.1. The minimum Gasteiger partial charge on any atom is -0.478 e. The van der Waals surface area contributed by atoms with Gasteiger partial charge in [0, 0.05) is 0 Å². The molecule has 0 fully saturated rings. The molecule has 6 N–H and O–H groups in total. The molecule has 7 heteroatoms. The van der Waals surface area contributed by atoms with Crippen molar-refractivity contribution in [3.63, 3.8) is 0 Å². The van der Waals surface area contributed by atoms with E-state index in [9.17, 15) is 9.59 Å². The number of para-hydroxylation sites is 2. The van der Waals surface area contributed by atoms with E-state index in [4.69, 9.17) is 26.4 Å². The average Bonchev–Trinajstić information content (AvgIpc) is 2.42. The zero-order valence-corrected chi connectivity index (χ0v) is 10.7. The molecule has 0 atom stereocenters. The van der Waals surface area contributed by atoms with Crippen molar-refractivity contribution in [3.05, 3.63) is 47.5 Å². The van der Waals surface area contributed by atoms with Crippen LogP contribution in [0.3, 0.4) is 0 Å². The Morgan fingerprint density at radius 2 is 1.19 bits per heavy atom. The Kier molecular flexibility index (Phi) is 3.66. The number of rotatable bonds is 4. The Labute approximate surface area is 119 Å². The lowest BCUT2D eigenvalue weighted by atomic mass is 10.1. The summed E-state index contributed by atoms with van der Waals surface area (Å²) in [6.07, 6.45) is 0. The monoisotopic (exact) mass is 288 g/mol. The molecule has 108 valence electrons. The first-order valence-corrected chi connectivity index (χ1v) is 5.83. The van der Waals surface area contributed by atoms with Gasteiger partial charge in [-0.25, -0.2) is 9.59 Å². The van der Waals surface area contributed by atoms with Crippen molar-refractivity contribution in [3.8, 4) is 11.5 Å². The smallest absolute Gasteiger partial charge is 0.337 e. The molecule has 2 aromatic carbocycles. The van der Waals surface area contributed by atoms with Crippen molar-refractivity contribution in [1.29, 1.82) is 0 Å². The van der Waals surface area contributed by atoms with Gasteiger partial charge in [0.05, 0.1) is 22.5 Å². The Balaban J connectivity index is 2.44. The molecule has 0 saturated heterocycles. The largest absolute Gasteiger partial charge is 0.478 e. The molecular formula is C14H12N2O5. The molecule has 7 nitrogen and oxygen atoms in total. The minimum atomic E-state index is -1.19. The summed E-state index contributed by atoms with van der Waals surface area (Å²) >= 11 is 0. The zero-order valence-electron chi connectivity index (χ0n) is 10.7. The van der Waals surface area contributed by atoms with Gasteiger partial charge in [0.15, 0.2) is 11.5 Å². The van der Waals surface area contributed by atoms with E-state index in [1.54, 1.807) is 0 Å². The second-order valence-corrected chi connectivity index (χ2v) is 4.15. The van der Waals surface area contributed by atoms with Crippen molar-refractivity contribution < 1.29 is 24.5 Å². The molecule has 0 saturated carbocycles. The summed E-state index contributed by atoms with van der Waals surface area (Å²) in [6, 6.07) is 8.53. The standard InChI is InChI=1S/C14H12N2O5/c15-11-7(13(17)18)3-1-5-9(11)21-10-6-2-4-8(12(10)16)14(19)20/h1-6H,15-16H2,(H,17,18)(H,19,20). The molecule has 0 spiro atoms. The van der Waals surface area contributed by atoms with Crippen molar-refractivity contribution in [2.45, 2.75) is 0 Å². The van der Waals surface area contributed by atoms with E-state index < -0.39 is 11.9 Å². The number of hydrogen-bond acceptors (Lipinski definition) is 5. The topological polar surface area (TPSA) is 136 Å². The van der Waals surface area contributed by atoms with E-state index in [2.05, 4.69) is 0 Å². The molecular weight excluding hydrogens is 276 g/mol. The van der Waals surface area contributed by atoms with Crippen LogP contribution in [0.1, 0.15) is 20.7 Å². The summed E-state index contributed by atoms with van der Waals surface area (Å²) in [4.78, 5) is 22.0. The third-order valence-electron chi connectivity index (χ3n) is 2.81. The average molecular weight is 288 g/mol. The lowest BCUT2D eigenvalue weighted by Crippen LogP contribution is -2.06. The maximum Gasteiger partial charge on any atom is 0.337 e. The lowest BCUT2D eigenvalue weighted by molar-refractivity contribution is 0.0687. The fraction of sp³-hybridized carbons (Fsp3) is 0. The molecule has 0 bridgehead atoms. The number of benzene rings is 2. The van der Waals surface area contributed by atoms with Gasteiger partial charge in [-0.3, -0.25) is 0 Å². The van der Waals surface area contributed by atoms with Gasteiger partial charge in [-0.15, -0.1) is 0 Å². The number of ether oxygens (including phenoxy) is 1. The molecule has 0 radical (unpaired) electrons. The SMILES string of the molecule is Nc1c(Oc2cccc(C(=O)O)c2N)cccc1C(=O)O. The van der Waals surface area contributed by atoms with Crippen LogP contribution in [0.2, 0.25) is 0 Å². The zero-order chi connectivity index (χ0) is 15.6. The summed E-state index contributed by atoms with van der Waals surface area (Å²) in [6.45, 7) is 0.